The third-order valence-corrected chi connectivity index (χ3v) is 5.24. The first kappa shape index (κ1) is 15.0. The zero-order valence-electron chi connectivity index (χ0n) is 13.1. The predicted molar refractivity (Wildman–Crippen MR) is 84.2 cm³/mol. The minimum atomic E-state index is -0.381. The van der Waals surface area contributed by atoms with Crippen molar-refractivity contribution in [3.05, 3.63) is 34.9 Å². The molecule has 1 saturated heterocycles. The van der Waals surface area contributed by atoms with Crippen LogP contribution in [0.1, 0.15) is 42.1 Å². The summed E-state index contributed by atoms with van der Waals surface area (Å²) in [6.07, 6.45) is 2.45. The topological polar surface area (TPSA) is 43.7 Å². The molecular formula is C18H27NO2. The SMILES string of the molecule is Cc1cc(C)cc(C(O)CCN2CC3CCC(O)C3C2)c1. The Bertz CT molecular complexity index is 482. The van der Waals surface area contributed by atoms with Crippen molar-refractivity contribution in [1.82, 2.24) is 4.90 Å². The third-order valence-electron chi connectivity index (χ3n) is 5.24. The molecule has 3 nitrogen and oxygen atoms in total. The molecule has 0 bridgehead atoms. The summed E-state index contributed by atoms with van der Waals surface area (Å²) in [4.78, 5) is 2.42. The van der Waals surface area contributed by atoms with Crippen LogP contribution in [0.25, 0.3) is 0 Å². The molecule has 0 spiro atoms. The Hall–Kier alpha value is -0.900. The van der Waals surface area contributed by atoms with Gasteiger partial charge in [-0.2, -0.15) is 0 Å². The van der Waals surface area contributed by atoms with Gasteiger partial charge in [-0.1, -0.05) is 29.3 Å². The molecule has 0 aromatic heterocycles. The summed E-state index contributed by atoms with van der Waals surface area (Å²) < 4.78 is 0. The van der Waals surface area contributed by atoms with Gasteiger partial charge in [0.25, 0.3) is 0 Å². The lowest BCUT2D eigenvalue weighted by molar-refractivity contribution is 0.117. The van der Waals surface area contributed by atoms with Crippen molar-refractivity contribution in [3.63, 3.8) is 0 Å². The zero-order valence-corrected chi connectivity index (χ0v) is 13.1. The van der Waals surface area contributed by atoms with Crippen molar-refractivity contribution in [2.45, 2.75) is 45.3 Å². The lowest BCUT2D eigenvalue weighted by atomic mass is 10.00. The van der Waals surface area contributed by atoms with Crippen LogP contribution in [0.2, 0.25) is 0 Å². The molecule has 3 heteroatoms. The second-order valence-corrected chi connectivity index (χ2v) is 7.05. The minimum absolute atomic E-state index is 0.0932. The smallest absolute Gasteiger partial charge is 0.0802 e. The Balaban J connectivity index is 1.53. The maximum absolute atomic E-state index is 10.4. The number of benzene rings is 1. The van der Waals surface area contributed by atoms with Gasteiger partial charge >= 0.3 is 0 Å². The number of fused-ring (bicyclic) bond motifs is 1. The highest BCUT2D eigenvalue weighted by Gasteiger charge is 2.41. The molecule has 21 heavy (non-hydrogen) atoms. The van der Waals surface area contributed by atoms with Gasteiger partial charge < -0.3 is 15.1 Å². The Labute approximate surface area is 127 Å². The molecule has 0 radical (unpaired) electrons. The van der Waals surface area contributed by atoms with Crippen LogP contribution in [0.5, 0.6) is 0 Å². The first-order chi connectivity index (χ1) is 10.0. The number of aliphatic hydroxyl groups is 2. The molecule has 1 aromatic carbocycles. The fourth-order valence-corrected chi connectivity index (χ4v) is 4.19. The Morgan fingerprint density at radius 3 is 2.52 bits per heavy atom. The van der Waals surface area contributed by atoms with E-state index in [0.29, 0.717) is 11.8 Å². The molecule has 0 amide bonds. The molecule has 1 aliphatic heterocycles. The van der Waals surface area contributed by atoms with Gasteiger partial charge in [-0.05, 0) is 44.6 Å². The number of hydrogen-bond acceptors (Lipinski definition) is 3. The van der Waals surface area contributed by atoms with E-state index in [-0.39, 0.29) is 12.2 Å². The standard InChI is InChI=1S/C18H27NO2/c1-12-7-13(2)9-15(8-12)17(20)5-6-19-10-14-3-4-18(21)16(14)11-19/h7-9,14,16-18,20-21H,3-6,10-11H2,1-2H3. The predicted octanol–water partition coefficient (Wildman–Crippen LogP) is 2.43. The molecule has 116 valence electrons. The maximum atomic E-state index is 10.4. The molecule has 1 saturated carbocycles. The molecule has 1 aliphatic carbocycles. The third kappa shape index (κ3) is 3.31. The summed E-state index contributed by atoms with van der Waals surface area (Å²) in [7, 11) is 0. The summed E-state index contributed by atoms with van der Waals surface area (Å²) >= 11 is 0. The van der Waals surface area contributed by atoms with E-state index in [1.54, 1.807) is 0 Å². The molecule has 1 heterocycles. The van der Waals surface area contributed by atoms with E-state index in [1.165, 1.54) is 17.5 Å². The van der Waals surface area contributed by atoms with Crippen LogP contribution in [0, 0.1) is 25.7 Å². The van der Waals surface area contributed by atoms with Crippen LogP contribution in [-0.2, 0) is 0 Å². The van der Waals surface area contributed by atoms with E-state index in [9.17, 15) is 10.2 Å². The van der Waals surface area contributed by atoms with Crippen LogP contribution in [-0.4, -0.2) is 40.9 Å². The van der Waals surface area contributed by atoms with E-state index in [0.717, 1.165) is 38.0 Å². The fraction of sp³-hybridized carbons (Fsp3) is 0.667. The van der Waals surface area contributed by atoms with Crippen LogP contribution < -0.4 is 0 Å². The van der Waals surface area contributed by atoms with Crippen molar-refractivity contribution in [2.75, 3.05) is 19.6 Å². The molecule has 1 aromatic rings. The lowest BCUT2D eigenvalue weighted by Crippen LogP contribution is -2.26. The van der Waals surface area contributed by atoms with Gasteiger partial charge in [0.2, 0.25) is 0 Å². The first-order valence-corrected chi connectivity index (χ1v) is 8.19. The van der Waals surface area contributed by atoms with Gasteiger partial charge in [0, 0.05) is 25.6 Å². The number of nitrogens with zero attached hydrogens (tertiary/aromatic N) is 1. The number of aryl methyl sites for hydroxylation is 2. The van der Waals surface area contributed by atoms with Crippen LogP contribution >= 0.6 is 0 Å². The highest BCUT2D eigenvalue weighted by Crippen LogP contribution is 2.38. The summed E-state index contributed by atoms with van der Waals surface area (Å²) in [5.41, 5.74) is 3.46. The van der Waals surface area contributed by atoms with Gasteiger partial charge in [-0.3, -0.25) is 0 Å². The molecule has 2 aliphatic rings. The van der Waals surface area contributed by atoms with Gasteiger partial charge in [0.15, 0.2) is 0 Å². The fourth-order valence-electron chi connectivity index (χ4n) is 4.19. The lowest BCUT2D eigenvalue weighted by Gasteiger charge is -2.20. The zero-order chi connectivity index (χ0) is 15.0. The van der Waals surface area contributed by atoms with Crippen molar-refractivity contribution in [1.29, 1.82) is 0 Å². The highest BCUT2D eigenvalue weighted by molar-refractivity contribution is 5.29. The second kappa shape index (κ2) is 6.07. The number of rotatable bonds is 4. The number of aliphatic hydroxyl groups excluding tert-OH is 2. The Kier molecular flexibility index (Phi) is 4.34. The quantitative estimate of drug-likeness (QED) is 0.895. The number of hydrogen-bond donors (Lipinski definition) is 2. The largest absolute Gasteiger partial charge is 0.393 e. The minimum Gasteiger partial charge on any atom is -0.393 e. The molecule has 3 rings (SSSR count). The summed E-state index contributed by atoms with van der Waals surface area (Å²) in [5, 5.41) is 20.4. The number of likely N-dealkylation sites (tertiary alicyclic amines) is 1. The van der Waals surface area contributed by atoms with Crippen LogP contribution in [0.15, 0.2) is 18.2 Å². The molecule has 2 N–H and O–H groups in total. The van der Waals surface area contributed by atoms with Crippen molar-refractivity contribution in [2.24, 2.45) is 11.8 Å². The van der Waals surface area contributed by atoms with Crippen molar-refractivity contribution < 1.29 is 10.2 Å². The highest BCUT2D eigenvalue weighted by atomic mass is 16.3. The molecule has 4 unspecified atom stereocenters. The van der Waals surface area contributed by atoms with Gasteiger partial charge in [0.05, 0.1) is 12.2 Å². The summed E-state index contributed by atoms with van der Waals surface area (Å²) in [6.45, 7) is 7.18. The first-order valence-electron chi connectivity index (χ1n) is 8.19. The molecule has 2 fully saturated rings. The van der Waals surface area contributed by atoms with Crippen molar-refractivity contribution in [3.8, 4) is 0 Å². The average Bonchev–Trinajstić information content (AvgIpc) is 2.97. The van der Waals surface area contributed by atoms with Crippen LogP contribution in [0.4, 0.5) is 0 Å². The van der Waals surface area contributed by atoms with E-state index >= 15 is 0 Å². The van der Waals surface area contributed by atoms with E-state index < -0.39 is 0 Å². The second-order valence-electron chi connectivity index (χ2n) is 7.05. The Morgan fingerprint density at radius 2 is 1.86 bits per heavy atom. The maximum Gasteiger partial charge on any atom is 0.0802 e. The summed E-state index contributed by atoms with van der Waals surface area (Å²) in [5.74, 6) is 1.15. The normalized spacial score (nSPS) is 30.6. The van der Waals surface area contributed by atoms with Crippen LogP contribution in [0.3, 0.4) is 0 Å². The average molecular weight is 289 g/mol. The van der Waals surface area contributed by atoms with Crippen molar-refractivity contribution >= 4 is 0 Å². The van der Waals surface area contributed by atoms with E-state index in [1.807, 2.05) is 0 Å². The Morgan fingerprint density at radius 1 is 1.14 bits per heavy atom. The molecule has 4 atom stereocenters. The van der Waals surface area contributed by atoms with Gasteiger partial charge in [-0.25, -0.2) is 0 Å². The summed E-state index contributed by atoms with van der Waals surface area (Å²) in [6, 6.07) is 6.31. The van der Waals surface area contributed by atoms with Gasteiger partial charge in [0.1, 0.15) is 0 Å². The monoisotopic (exact) mass is 289 g/mol. The van der Waals surface area contributed by atoms with E-state index in [2.05, 4.69) is 36.9 Å². The molecular weight excluding hydrogens is 262 g/mol. The van der Waals surface area contributed by atoms with Gasteiger partial charge in [-0.15, -0.1) is 0 Å². The van der Waals surface area contributed by atoms with E-state index in [4.69, 9.17) is 0 Å².